The number of aliphatic hydroxyl groups excluding tert-OH is 1. The Morgan fingerprint density at radius 3 is 2.96 bits per heavy atom. The molecule has 0 saturated carbocycles. The molecule has 1 saturated heterocycles. The van der Waals surface area contributed by atoms with E-state index in [9.17, 15) is 24.4 Å². The highest BCUT2D eigenvalue weighted by molar-refractivity contribution is 8.01. The van der Waals surface area contributed by atoms with Gasteiger partial charge in [0, 0.05) is 16.7 Å². The number of carbonyl (C=O) groups excluding carboxylic acids is 3. The highest BCUT2D eigenvalue weighted by Gasteiger charge is 2.61. The van der Waals surface area contributed by atoms with Gasteiger partial charge >= 0.3 is 5.97 Å². The number of rotatable bonds is 4. The lowest BCUT2D eigenvalue weighted by molar-refractivity contribution is -0.160. The summed E-state index contributed by atoms with van der Waals surface area (Å²) in [5.74, 6) is -1.84. The average molecular weight is 397 g/mol. The molecule has 1 aromatic heterocycles. The first-order valence-corrected chi connectivity index (χ1v) is 9.17. The molecule has 0 bridgehead atoms. The molecule has 1 aromatic rings. The summed E-state index contributed by atoms with van der Waals surface area (Å²) in [6, 6.07) is -1.44. The predicted octanol–water partition coefficient (Wildman–Crippen LogP) is -0.589. The number of fused-ring (bicyclic) bond motifs is 2. The summed E-state index contributed by atoms with van der Waals surface area (Å²) in [4.78, 5) is 51.5. The number of nitroso groups, excluding NO2 is 1. The van der Waals surface area contributed by atoms with Crippen molar-refractivity contribution in [3.8, 4) is 0 Å². The summed E-state index contributed by atoms with van der Waals surface area (Å²) < 4.78 is 4.73. The Morgan fingerprint density at radius 2 is 2.35 bits per heavy atom. The van der Waals surface area contributed by atoms with E-state index in [0.717, 1.165) is 28.0 Å². The first kappa shape index (κ1) is 16.9. The molecular weight excluding hydrogens is 386 g/mol. The molecule has 4 heterocycles. The number of nitrogens with one attached hydrogen (secondary N) is 1. The molecule has 4 N–H and O–H groups in total. The molecule has 0 radical (unpaired) electrons. The van der Waals surface area contributed by atoms with Gasteiger partial charge in [-0.25, -0.2) is 9.78 Å². The number of ether oxygens (including phenoxy) is 1. The van der Waals surface area contributed by atoms with Gasteiger partial charge in [-0.05, 0) is 5.18 Å². The number of thiazole rings is 1. The van der Waals surface area contributed by atoms with Gasteiger partial charge in [-0.3, -0.25) is 14.5 Å². The van der Waals surface area contributed by atoms with E-state index >= 15 is 0 Å². The second-order valence-electron chi connectivity index (χ2n) is 5.72. The highest BCUT2D eigenvalue weighted by Crippen LogP contribution is 2.50. The molecular formula is C13H11N5O6S2. The third-order valence-corrected chi connectivity index (χ3v) is 6.25. The van der Waals surface area contributed by atoms with Gasteiger partial charge in [0.15, 0.2) is 10.1 Å². The van der Waals surface area contributed by atoms with Crippen molar-refractivity contribution in [2.45, 2.75) is 23.7 Å². The van der Waals surface area contributed by atoms with Crippen LogP contribution < -0.4 is 11.1 Å². The Hall–Kier alpha value is -2.51. The van der Waals surface area contributed by atoms with E-state index in [4.69, 9.17) is 10.5 Å². The fraction of sp³-hybridized carbons (Fsp3) is 0.385. The lowest BCUT2D eigenvalue weighted by Gasteiger charge is -2.53. The molecule has 13 heteroatoms. The summed E-state index contributed by atoms with van der Waals surface area (Å²) >= 11 is 2.20. The van der Waals surface area contributed by atoms with Crippen molar-refractivity contribution in [2.24, 2.45) is 5.18 Å². The van der Waals surface area contributed by atoms with E-state index < -0.39 is 35.1 Å². The smallest absolute Gasteiger partial charge is 0.357 e. The Bertz CT molecular complexity index is 884. The minimum absolute atomic E-state index is 0.0682. The van der Waals surface area contributed by atoms with E-state index in [2.05, 4.69) is 15.5 Å². The predicted molar refractivity (Wildman–Crippen MR) is 89.0 cm³/mol. The van der Waals surface area contributed by atoms with Crippen LogP contribution in [0, 0.1) is 4.91 Å². The number of hydrogen-bond donors (Lipinski definition) is 3. The summed E-state index contributed by atoms with van der Waals surface area (Å²) in [6.45, 7) is 0. The van der Waals surface area contributed by atoms with E-state index in [1.54, 1.807) is 0 Å². The van der Waals surface area contributed by atoms with Gasteiger partial charge in [0.2, 0.25) is 18.2 Å². The highest BCUT2D eigenvalue weighted by atomic mass is 32.2. The van der Waals surface area contributed by atoms with Crippen molar-refractivity contribution in [2.75, 3.05) is 11.5 Å². The second kappa shape index (κ2) is 5.75. The van der Waals surface area contributed by atoms with Crippen molar-refractivity contribution in [1.29, 1.82) is 0 Å². The van der Waals surface area contributed by atoms with Crippen LogP contribution in [0.2, 0.25) is 0 Å². The lowest BCUT2D eigenvalue weighted by Crippen LogP contribution is -2.71. The number of nitrogen functional groups attached to an aromatic ring is 1. The van der Waals surface area contributed by atoms with Gasteiger partial charge in [0.25, 0.3) is 5.91 Å². The first-order valence-electron chi connectivity index (χ1n) is 7.31. The average Bonchev–Trinajstić information content (AvgIpc) is 3.10. The minimum Gasteiger partial charge on any atom is -0.427 e. The van der Waals surface area contributed by atoms with Gasteiger partial charge in [0.1, 0.15) is 5.70 Å². The number of aromatic nitrogens is 1. The fourth-order valence-electron chi connectivity index (χ4n) is 3.00. The van der Waals surface area contributed by atoms with Crippen molar-refractivity contribution in [3.05, 3.63) is 27.3 Å². The van der Waals surface area contributed by atoms with Gasteiger partial charge in [0.05, 0.1) is 12.1 Å². The van der Waals surface area contributed by atoms with Crippen LogP contribution in [0.3, 0.4) is 0 Å². The third-order valence-electron chi connectivity index (χ3n) is 4.20. The number of β-lactam (4-membered cyclic amide) rings is 1. The quantitative estimate of drug-likeness (QED) is 0.342. The zero-order valence-corrected chi connectivity index (χ0v) is 14.5. The first-order chi connectivity index (χ1) is 12.4. The van der Waals surface area contributed by atoms with Crippen LogP contribution in [0.4, 0.5) is 5.13 Å². The largest absolute Gasteiger partial charge is 0.427 e. The summed E-state index contributed by atoms with van der Waals surface area (Å²) in [5, 5.41) is 16.8. The standard InChI is InChI=1S/C13H11N5O6S2/c14-12-15-5(3-25-12)7(17-23)9(20)16-13-1-6(19)18(13)8-4(2-26-13)10(21)24-11(8)22/h3,7,10,21H,1-2H2,(H2,14,15)(H,16,20). The molecule has 3 atom stereocenters. The molecule has 3 unspecified atom stereocenters. The number of thioether (sulfide) groups is 1. The molecule has 3 aliphatic heterocycles. The number of amides is 2. The normalized spacial score (nSPS) is 28.0. The molecule has 3 aliphatic rings. The molecule has 0 aliphatic carbocycles. The fourth-order valence-corrected chi connectivity index (χ4v) is 4.98. The zero-order valence-electron chi connectivity index (χ0n) is 12.9. The van der Waals surface area contributed by atoms with E-state index in [-0.39, 0.29) is 34.3 Å². The van der Waals surface area contributed by atoms with Crippen molar-refractivity contribution in [1.82, 2.24) is 15.2 Å². The van der Waals surface area contributed by atoms with Gasteiger partial charge in [-0.15, -0.1) is 28.0 Å². The van der Waals surface area contributed by atoms with Crippen LogP contribution in [-0.2, 0) is 19.1 Å². The maximum Gasteiger partial charge on any atom is 0.357 e. The minimum atomic E-state index is -1.44. The number of nitrogens with two attached hydrogens (primary N) is 1. The molecule has 0 aromatic carbocycles. The number of anilines is 1. The molecule has 2 amide bonds. The SMILES string of the molecule is Nc1nc(C(N=O)C(=O)NC23CC(=O)N2C2=C(CS3)C(O)OC2=O)cs1. The number of cyclic esters (lactones) is 1. The van der Waals surface area contributed by atoms with Crippen molar-refractivity contribution >= 4 is 46.0 Å². The van der Waals surface area contributed by atoms with Gasteiger partial charge in [-0.2, -0.15) is 0 Å². The molecule has 1 fully saturated rings. The molecule has 11 nitrogen and oxygen atoms in total. The summed E-state index contributed by atoms with van der Waals surface area (Å²) in [7, 11) is 0. The summed E-state index contributed by atoms with van der Waals surface area (Å²) in [6.07, 6.45) is -1.48. The number of nitrogens with zero attached hydrogens (tertiary/aromatic N) is 3. The third kappa shape index (κ3) is 2.31. The van der Waals surface area contributed by atoms with Crippen LogP contribution in [-0.4, -0.2) is 49.8 Å². The van der Waals surface area contributed by atoms with Gasteiger partial charge in [-0.1, -0.05) is 0 Å². The van der Waals surface area contributed by atoms with Crippen LogP contribution >= 0.6 is 23.1 Å². The summed E-state index contributed by atoms with van der Waals surface area (Å²) in [5.41, 5.74) is 5.82. The molecule has 4 rings (SSSR count). The number of carbonyl (C=O) groups is 3. The van der Waals surface area contributed by atoms with Crippen LogP contribution in [0.15, 0.2) is 21.8 Å². The maximum atomic E-state index is 12.6. The molecule has 26 heavy (non-hydrogen) atoms. The van der Waals surface area contributed by atoms with E-state index in [1.165, 1.54) is 5.38 Å². The Kier molecular flexibility index (Phi) is 3.75. The zero-order chi connectivity index (χ0) is 18.6. The van der Waals surface area contributed by atoms with Crippen LogP contribution in [0.1, 0.15) is 18.2 Å². The molecule has 0 spiro atoms. The van der Waals surface area contributed by atoms with Crippen molar-refractivity contribution in [3.63, 3.8) is 0 Å². The Labute approximate surface area is 153 Å². The van der Waals surface area contributed by atoms with E-state index in [0.29, 0.717) is 0 Å². The Balaban J connectivity index is 1.61. The number of aliphatic hydroxyl groups is 1. The van der Waals surface area contributed by atoms with Crippen LogP contribution in [0.25, 0.3) is 0 Å². The maximum absolute atomic E-state index is 12.6. The van der Waals surface area contributed by atoms with Gasteiger partial charge < -0.3 is 20.9 Å². The number of esters is 1. The monoisotopic (exact) mass is 397 g/mol. The van der Waals surface area contributed by atoms with Crippen LogP contribution in [0.5, 0.6) is 0 Å². The second-order valence-corrected chi connectivity index (χ2v) is 7.86. The van der Waals surface area contributed by atoms with Crippen molar-refractivity contribution < 1.29 is 24.2 Å². The number of hydrogen-bond acceptors (Lipinski definition) is 11. The Morgan fingerprint density at radius 1 is 1.58 bits per heavy atom. The molecule has 136 valence electrons. The van der Waals surface area contributed by atoms with E-state index in [1.807, 2.05) is 0 Å². The lowest BCUT2D eigenvalue weighted by atomic mass is 10.0. The topological polar surface area (TPSA) is 164 Å².